The number of hydrogen-bond acceptors (Lipinski definition) is 3. The minimum atomic E-state index is 0.365. The highest BCUT2D eigenvalue weighted by atomic mass is 32.1. The molecule has 2 nitrogen and oxygen atoms in total. The number of hydrogen-bond donors (Lipinski definition) is 1. The molecule has 0 saturated carbocycles. The molecule has 3 heteroatoms. The smallest absolute Gasteiger partial charge is 0.137 e. The lowest BCUT2D eigenvalue weighted by Gasteiger charge is -2.30. The molecule has 1 aliphatic heterocycles. The van der Waals surface area contributed by atoms with E-state index >= 15 is 0 Å². The molecule has 0 radical (unpaired) electrons. The largest absolute Gasteiger partial charge is 0.456 e. The summed E-state index contributed by atoms with van der Waals surface area (Å²) in [5.41, 5.74) is 5.79. The molecule has 4 rings (SSSR count). The van der Waals surface area contributed by atoms with Crippen LogP contribution in [0.2, 0.25) is 0 Å². The van der Waals surface area contributed by atoms with E-state index in [1.165, 1.54) is 11.3 Å². The Morgan fingerprint density at radius 2 is 1.81 bits per heavy atom. The van der Waals surface area contributed by atoms with Gasteiger partial charge >= 0.3 is 0 Å². The van der Waals surface area contributed by atoms with Crippen LogP contribution in [0, 0.1) is 5.92 Å². The molecular weight excluding hydrogens is 350 g/mol. The first-order valence-corrected chi connectivity index (χ1v) is 10.1. The van der Waals surface area contributed by atoms with Gasteiger partial charge in [-0.2, -0.15) is 0 Å². The summed E-state index contributed by atoms with van der Waals surface area (Å²) in [7, 11) is 0. The van der Waals surface area contributed by atoms with Gasteiger partial charge in [-0.25, -0.2) is 0 Å². The van der Waals surface area contributed by atoms with Gasteiger partial charge in [0.25, 0.3) is 0 Å². The lowest BCUT2D eigenvalue weighted by molar-refractivity contribution is 0.426. The second kappa shape index (κ2) is 7.32. The summed E-state index contributed by atoms with van der Waals surface area (Å²) in [4.78, 5) is 3.32. The molecule has 138 valence electrons. The van der Waals surface area contributed by atoms with Crippen molar-refractivity contribution in [2.24, 2.45) is 5.92 Å². The Hall–Kier alpha value is -2.39. The molecular formula is C24H25NOS. The third-order valence-corrected chi connectivity index (χ3v) is 5.66. The fourth-order valence-corrected chi connectivity index (χ4v) is 4.11. The molecule has 1 aliphatic carbocycles. The highest BCUT2D eigenvalue weighted by Gasteiger charge is 2.27. The summed E-state index contributed by atoms with van der Waals surface area (Å²) < 4.78 is 6.38. The number of ether oxygens (including phenoxy) is 1. The molecule has 2 aromatic carbocycles. The van der Waals surface area contributed by atoms with Crippen molar-refractivity contribution in [3.63, 3.8) is 0 Å². The normalized spacial score (nSPS) is 17.8. The van der Waals surface area contributed by atoms with Gasteiger partial charge in [-0.15, -0.1) is 12.6 Å². The first kappa shape index (κ1) is 18.0. The zero-order valence-corrected chi connectivity index (χ0v) is 17.0. The molecule has 0 amide bonds. The Bertz CT molecular complexity index is 966. The van der Waals surface area contributed by atoms with Crippen LogP contribution >= 0.6 is 12.6 Å². The van der Waals surface area contributed by atoms with E-state index in [-0.39, 0.29) is 0 Å². The van der Waals surface area contributed by atoms with Gasteiger partial charge in [0, 0.05) is 46.4 Å². The van der Waals surface area contributed by atoms with Crippen LogP contribution in [0.5, 0.6) is 5.75 Å². The lowest BCUT2D eigenvalue weighted by atomic mass is 9.86. The topological polar surface area (TPSA) is 12.5 Å². The predicted octanol–water partition coefficient (Wildman–Crippen LogP) is 6.11. The lowest BCUT2D eigenvalue weighted by Crippen LogP contribution is -2.22. The zero-order chi connectivity index (χ0) is 19.0. The van der Waals surface area contributed by atoms with Crippen molar-refractivity contribution >= 4 is 23.9 Å². The molecule has 0 bridgehead atoms. The number of anilines is 1. The maximum atomic E-state index is 6.38. The number of nitrogens with zero attached hydrogens (tertiary/aromatic N) is 1. The Labute approximate surface area is 167 Å². The van der Waals surface area contributed by atoms with Crippen LogP contribution in [0.1, 0.15) is 31.9 Å². The highest BCUT2D eigenvalue weighted by Crippen LogP contribution is 2.45. The third-order valence-electron chi connectivity index (χ3n) is 5.27. The molecule has 0 aromatic heterocycles. The van der Waals surface area contributed by atoms with Crippen molar-refractivity contribution < 1.29 is 4.74 Å². The molecule has 0 saturated heterocycles. The predicted molar refractivity (Wildman–Crippen MR) is 117 cm³/mol. The van der Waals surface area contributed by atoms with Crippen molar-refractivity contribution in [3.8, 4) is 5.75 Å². The number of thiol groups is 1. The summed E-state index contributed by atoms with van der Waals surface area (Å²) in [6, 6.07) is 14.8. The summed E-state index contributed by atoms with van der Waals surface area (Å²) in [6.07, 6.45) is 6.61. The molecule has 1 heterocycles. The van der Waals surface area contributed by atoms with Gasteiger partial charge in [-0.3, -0.25) is 0 Å². The summed E-state index contributed by atoms with van der Waals surface area (Å²) in [5, 5.41) is 0. The summed E-state index contributed by atoms with van der Waals surface area (Å²) in [6.45, 7) is 8.50. The SMILES string of the molecule is CCN(CC)c1ccc2c(c1)OC1=CC(C)C=CC1=C2c1ccccc1S. The van der Waals surface area contributed by atoms with Crippen LogP contribution in [0.3, 0.4) is 0 Å². The quantitative estimate of drug-likeness (QED) is 0.648. The van der Waals surface area contributed by atoms with Gasteiger partial charge in [-0.05, 0) is 49.6 Å². The molecule has 0 N–H and O–H groups in total. The minimum Gasteiger partial charge on any atom is -0.456 e. The van der Waals surface area contributed by atoms with Gasteiger partial charge in [-0.1, -0.05) is 37.3 Å². The van der Waals surface area contributed by atoms with E-state index in [0.29, 0.717) is 5.92 Å². The molecule has 0 spiro atoms. The van der Waals surface area contributed by atoms with E-state index in [1.807, 2.05) is 12.1 Å². The number of allylic oxidation sites excluding steroid dienone is 3. The highest BCUT2D eigenvalue weighted by molar-refractivity contribution is 7.80. The Morgan fingerprint density at radius 1 is 1.04 bits per heavy atom. The van der Waals surface area contributed by atoms with Crippen molar-refractivity contribution in [1.29, 1.82) is 0 Å². The van der Waals surface area contributed by atoms with Crippen LogP contribution < -0.4 is 9.64 Å². The van der Waals surface area contributed by atoms with E-state index in [4.69, 9.17) is 17.4 Å². The molecule has 1 atom stereocenters. The Kier molecular flexibility index (Phi) is 4.88. The van der Waals surface area contributed by atoms with E-state index in [0.717, 1.165) is 46.2 Å². The van der Waals surface area contributed by atoms with E-state index in [2.05, 4.69) is 74.2 Å². The van der Waals surface area contributed by atoms with Crippen molar-refractivity contribution in [2.75, 3.05) is 18.0 Å². The van der Waals surface area contributed by atoms with Crippen LogP contribution in [0.4, 0.5) is 5.69 Å². The van der Waals surface area contributed by atoms with Crippen LogP contribution in [-0.2, 0) is 0 Å². The average molecular weight is 376 g/mol. The fraction of sp³-hybridized carbons (Fsp3) is 0.250. The van der Waals surface area contributed by atoms with Crippen molar-refractivity contribution in [1.82, 2.24) is 0 Å². The van der Waals surface area contributed by atoms with E-state index in [9.17, 15) is 0 Å². The third kappa shape index (κ3) is 3.21. The van der Waals surface area contributed by atoms with Crippen LogP contribution in [0.25, 0.3) is 5.57 Å². The summed E-state index contributed by atoms with van der Waals surface area (Å²) >= 11 is 4.73. The summed E-state index contributed by atoms with van der Waals surface area (Å²) in [5.74, 6) is 2.23. The molecule has 0 fully saturated rings. The average Bonchev–Trinajstić information content (AvgIpc) is 2.67. The first-order valence-electron chi connectivity index (χ1n) is 9.62. The van der Waals surface area contributed by atoms with E-state index in [1.54, 1.807) is 0 Å². The standard InChI is InChI=1S/C24H25NOS/c1-4-25(5-2)17-11-13-19-22(15-17)26-21-14-16(3)10-12-18(21)24(19)20-8-6-7-9-23(20)27/h6-16,27H,4-5H2,1-3H3. The van der Waals surface area contributed by atoms with Crippen molar-refractivity contribution in [3.05, 3.63) is 83.2 Å². The van der Waals surface area contributed by atoms with Crippen LogP contribution in [0.15, 0.2) is 76.9 Å². The molecule has 2 aliphatic rings. The molecule has 27 heavy (non-hydrogen) atoms. The molecule has 2 aromatic rings. The fourth-order valence-electron chi connectivity index (χ4n) is 3.84. The second-order valence-electron chi connectivity index (χ2n) is 7.01. The number of benzene rings is 2. The van der Waals surface area contributed by atoms with Gasteiger partial charge in [0.2, 0.25) is 0 Å². The number of rotatable bonds is 4. The maximum Gasteiger partial charge on any atom is 0.137 e. The second-order valence-corrected chi connectivity index (χ2v) is 7.49. The van der Waals surface area contributed by atoms with Gasteiger partial charge < -0.3 is 9.64 Å². The van der Waals surface area contributed by atoms with Crippen molar-refractivity contribution in [2.45, 2.75) is 25.7 Å². The first-order chi connectivity index (χ1) is 13.1. The van der Waals surface area contributed by atoms with E-state index < -0.39 is 0 Å². The Morgan fingerprint density at radius 3 is 2.56 bits per heavy atom. The van der Waals surface area contributed by atoms with Gasteiger partial charge in [0.05, 0.1) is 0 Å². The van der Waals surface area contributed by atoms with Gasteiger partial charge in [0.15, 0.2) is 0 Å². The monoisotopic (exact) mass is 375 g/mol. The minimum absolute atomic E-state index is 0.365. The molecule has 1 unspecified atom stereocenters. The van der Waals surface area contributed by atoms with Crippen LogP contribution in [-0.4, -0.2) is 13.1 Å². The Balaban J connectivity index is 1.94. The number of fused-ring (bicyclic) bond motifs is 2. The maximum absolute atomic E-state index is 6.38. The van der Waals surface area contributed by atoms with Gasteiger partial charge in [0.1, 0.15) is 11.5 Å². The zero-order valence-electron chi connectivity index (χ0n) is 16.1.